The molecule has 1 saturated heterocycles. The van der Waals surface area contributed by atoms with E-state index in [1.165, 1.54) is 0 Å². The van der Waals surface area contributed by atoms with Crippen LogP contribution in [0.2, 0.25) is 0 Å². The van der Waals surface area contributed by atoms with Gasteiger partial charge in [0.25, 0.3) is 0 Å². The van der Waals surface area contributed by atoms with Gasteiger partial charge in [-0.15, -0.1) is 0 Å². The molecule has 2 aromatic carbocycles. The fraction of sp³-hybridized carbons (Fsp3) is 0.478. The van der Waals surface area contributed by atoms with Crippen molar-refractivity contribution in [3.05, 3.63) is 71.8 Å². The van der Waals surface area contributed by atoms with Gasteiger partial charge in [-0.3, -0.25) is 0 Å². The average Bonchev–Trinajstić information content (AvgIpc) is 2.77. The standard InChI is InChI=1S/C23H30O6/c1-24-16-19-20(25-2)21(27-14-17-10-6-4-7-11-17)22(23(26-3)29-19)28-15-18-12-8-5-9-13-18/h4-13,19-23H,14-16H2,1-3H3. The topological polar surface area (TPSA) is 55.4 Å². The van der Waals surface area contributed by atoms with Gasteiger partial charge in [0, 0.05) is 21.3 Å². The Morgan fingerprint density at radius 2 is 1.24 bits per heavy atom. The Morgan fingerprint density at radius 1 is 0.690 bits per heavy atom. The Balaban J connectivity index is 1.78. The van der Waals surface area contributed by atoms with Crippen molar-refractivity contribution in [3.63, 3.8) is 0 Å². The molecule has 6 heteroatoms. The lowest BCUT2D eigenvalue weighted by Crippen LogP contribution is -2.61. The number of hydrogen-bond donors (Lipinski definition) is 0. The van der Waals surface area contributed by atoms with E-state index in [2.05, 4.69) is 0 Å². The first-order valence-electron chi connectivity index (χ1n) is 9.78. The zero-order valence-corrected chi connectivity index (χ0v) is 17.2. The zero-order valence-electron chi connectivity index (χ0n) is 17.2. The summed E-state index contributed by atoms with van der Waals surface area (Å²) in [6.45, 7) is 1.23. The van der Waals surface area contributed by atoms with Crippen molar-refractivity contribution in [1.29, 1.82) is 0 Å². The van der Waals surface area contributed by atoms with E-state index in [4.69, 9.17) is 28.4 Å². The summed E-state index contributed by atoms with van der Waals surface area (Å²) in [5.74, 6) is 0. The molecule has 0 amide bonds. The van der Waals surface area contributed by atoms with Crippen LogP contribution in [-0.4, -0.2) is 58.6 Å². The predicted molar refractivity (Wildman–Crippen MR) is 108 cm³/mol. The predicted octanol–water partition coefficient (Wildman–Crippen LogP) is 3.19. The van der Waals surface area contributed by atoms with E-state index in [1.807, 2.05) is 60.7 Å². The van der Waals surface area contributed by atoms with E-state index in [0.717, 1.165) is 11.1 Å². The van der Waals surface area contributed by atoms with Gasteiger partial charge in [-0.05, 0) is 11.1 Å². The molecule has 0 N–H and O–H groups in total. The summed E-state index contributed by atoms with van der Waals surface area (Å²) in [5.41, 5.74) is 2.14. The van der Waals surface area contributed by atoms with Gasteiger partial charge in [0.1, 0.15) is 24.4 Å². The summed E-state index contributed by atoms with van der Waals surface area (Å²) >= 11 is 0. The summed E-state index contributed by atoms with van der Waals surface area (Å²) < 4.78 is 35.3. The van der Waals surface area contributed by atoms with Crippen molar-refractivity contribution in [1.82, 2.24) is 0 Å². The molecular formula is C23H30O6. The highest BCUT2D eigenvalue weighted by Crippen LogP contribution is 2.30. The normalized spacial score (nSPS) is 27.1. The van der Waals surface area contributed by atoms with Gasteiger partial charge in [-0.2, -0.15) is 0 Å². The van der Waals surface area contributed by atoms with Crippen LogP contribution in [0, 0.1) is 0 Å². The van der Waals surface area contributed by atoms with Crippen molar-refractivity contribution >= 4 is 0 Å². The van der Waals surface area contributed by atoms with Gasteiger partial charge in [0.05, 0.1) is 19.8 Å². The van der Waals surface area contributed by atoms with Crippen molar-refractivity contribution in [3.8, 4) is 0 Å². The summed E-state index contributed by atoms with van der Waals surface area (Å²) in [4.78, 5) is 0. The Bertz CT molecular complexity index is 695. The second-order valence-electron chi connectivity index (χ2n) is 6.96. The van der Waals surface area contributed by atoms with Crippen LogP contribution in [0.4, 0.5) is 0 Å². The van der Waals surface area contributed by atoms with E-state index >= 15 is 0 Å². The number of ether oxygens (including phenoxy) is 6. The van der Waals surface area contributed by atoms with Crippen LogP contribution in [0.5, 0.6) is 0 Å². The summed E-state index contributed by atoms with van der Waals surface area (Å²) in [7, 11) is 4.89. The summed E-state index contributed by atoms with van der Waals surface area (Å²) in [5, 5.41) is 0. The molecule has 6 nitrogen and oxygen atoms in total. The quantitative estimate of drug-likeness (QED) is 0.608. The van der Waals surface area contributed by atoms with Crippen molar-refractivity contribution < 1.29 is 28.4 Å². The number of hydrogen-bond acceptors (Lipinski definition) is 6. The highest BCUT2D eigenvalue weighted by atomic mass is 16.7. The molecule has 0 aromatic heterocycles. The van der Waals surface area contributed by atoms with Crippen LogP contribution in [0.3, 0.4) is 0 Å². The lowest BCUT2D eigenvalue weighted by Gasteiger charge is -2.45. The molecule has 0 spiro atoms. The number of rotatable bonds is 10. The van der Waals surface area contributed by atoms with Crippen LogP contribution in [0.25, 0.3) is 0 Å². The molecule has 1 fully saturated rings. The summed E-state index contributed by atoms with van der Waals surface area (Å²) in [6, 6.07) is 20.0. The Hall–Kier alpha value is -1.80. The lowest BCUT2D eigenvalue weighted by molar-refractivity contribution is -0.318. The number of benzene rings is 2. The van der Waals surface area contributed by atoms with Gasteiger partial charge in [-0.1, -0.05) is 60.7 Å². The molecule has 0 saturated carbocycles. The van der Waals surface area contributed by atoms with Gasteiger partial charge in [0.15, 0.2) is 6.29 Å². The average molecular weight is 402 g/mol. The van der Waals surface area contributed by atoms with Crippen LogP contribution in [0.15, 0.2) is 60.7 Å². The van der Waals surface area contributed by atoms with Crippen LogP contribution in [0.1, 0.15) is 11.1 Å². The Labute approximate surface area is 172 Å². The molecule has 158 valence electrons. The largest absolute Gasteiger partial charge is 0.382 e. The Morgan fingerprint density at radius 3 is 1.72 bits per heavy atom. The first-order valence-corrected chi connectivity index (χ1v) is 9.78. The first-order chi connectivity index (χ1) is 14.3. The van der Waals surface area contributed by atoms with Crippen molar-refractivity contribution in [2.45, 2.75) is 43.9 Å². The zero-order chi connectivity index (χ0) is 20.5. The molecular weight excluding hydrogens is 372 g/mol. The lowest BCUT2D eigenvalue weighted by atomic mass is 9.98. The van der Waals surface area contributed by atoms with Gasteiger partial charge < -0.3 is 28.4 Å². The second-order valence-corrected chi connectivity index (χ2v) is 6.96. The molecule has 5 atom stereocenters. The fourth-order valence-electron chi connectivity index (χ4n) is 3.55. The Kier molecular flexibility index (Phi) is 8.61. The molecule has 3 rings (SSSR count). The van der Waals surface area contributed by atoms with Crippen LogP contribution >= 0.6 is 0 Å². The minimum absolute atomic E-state index is 0.327. The molecule has 1 aliphatic rings. The van der Waals surface area contributed by atoms with Crippen molar-refractivity contribution in [2.75, 3.05) is 27.9 Å². The maximum atomic E-state index is 6.32. The SMILES string of the molecule is COCC1OC(OC)C(OCc2ccccc2)C(OCc2ccccc2)C1OC. The van der Waals surface area contributed by atoms with Gasteiger partial charge in [0.2, 0.25) is 0 Å². The highest BCUT2D eigenvalue weighted by Gasteiger charge is 2.48. The molecule has 29 heavy (non-hydrogen) atoms. The van der Waals surface area contributed by atoms with E-state index in [1.54, 1.807) is 21.3 Å². The third-order valence-electron chi connectivity index (χ3n) is 5.00. The van der Waals surface area contributed by atoms with E-state index in [0.29, 0.717) is 19.8 Å². The molecule has 0 bridgehead atoms. The molecule has 1 heterocycles. The monoisotopic (exact) mass is 402 g/mol. The maximum Gasteiger partial charge on any atom is 0.186 e. The fourth-order valence-corrected chi connectivity index (χ4v) is 3.55. The highest BCUT2D eigenvalue weighted by molar-refractivity contribution is 5.14. The molecule has 5 unspecified atom stereocenters. The summed E-state index contributed by atoms with van der Waals surface area (Å²) in [6.07, 6.45) is -2.12. The maximum absolute atomic E-state index is 6.32. The van der Waals surface area contributed by atoms with E-state index in [9.17, 15) is 0 Å². The minimum Gasteiger partial charge on any atom is -0.382 e. The van der Waals surface area contributed by atoms with Gasteiger partial charge in [-0.25, -0.2) is 0 Å². The van der Waals surface area contributed by atoms with Crippen LogP contribution in [-0.2, 0) is 41.6 Å². The van der Waals surface area contributed by atoms with E-state index < -0.39 is 12.4 Å². The third-order valence-corrected chi connectivity index (χ3v) is 5.00. The molecule has 0 aliphatic carbocycles. The van der Waals surface area contributed by atoms with Crippen molar-refractivity contribution in [2.24, 2.45) is 0 Å². The molecule has 2 aromatic rings. The first kappa shape index (κ1) is 21.9. The molecule has 0 radical (unpaired) electrons. The number of methoxy groups -OCH3 is 3. The van der Waals surface area contributed by atoms with Gasteiger partial charge >= 0.3 is 0 Å². The smallest absolute Gasteiger partial charge is 0.186 e. The minimum atomic E-state index is -0.592. The van der Waals surface area contributed by atoms with Crippen LogP contribution < -0.4 is 0 Å². The molecule has 1 aliphatic heterocycles. The van der Waals surface area contributed by atoms with E-state index in [-0.39, 0.29) is 18.3 Å². The second kappa shape index (κ2) is 11.4. The third kappa shape index (κ3) is 5.85.